The van der Waals surface area contributed by atoms with Crippen LogP contribution >= 0.6 is 0 Å². The molecule has 0 aliphatic carbocycles. The molecule has 102 valence electrons. The normalized spacial score (nSPS) is 10.7. The zero-order chi connectivity index (χ0) is 14.4. The van der Waals surface area contributed by atoms with Crippen molar-refractivity contribution in [3.63, 3.8) is 0 Å². The summed E-state index contributed by atoms with van der Waals surface area (Å²) in [5, 5.41) is 0. The summed E-state index contributed by atoms with van der Waals surface area (Å²) in [6.45, 7) is 0.0132. The van der Waals surface area contributed by atoms with Gasteiger partial charge in [-0.05, 0) is 11.6 Å². The van der Waals surface area contributed by atoms with E-state index in [0.29, 0.717) is 0 Å². The van der Waals surface area contributed by atoms with Crippen LogP contribution in [-0.4, -0.2) is 17.6 Å². The predicted octanol–water partition coefficient (Wildman–Crippen LogP) is 3.23. The molecular weight excluding hydrogens is 264 g/mol. The highest BCUT2D eigenvalue weighted by Crippen LogP contribution is 2.06. The predicted molar refractivity (Wildman–Crippen MR) is 69.9 cm³/mol. The largest absolute Gasteiger partial charge is 0.458 e. The quantitative estimate of drug-likeness (QED) is 0.635. The smallest absolute Gasteiger partial charge is 0.338 e. The summed E-state index contributed by atoms with van der Waals surface area (Å²) >= 11 is 0. The maximum Gasteiger partial charge on any atom is 0.338 e. The van der Waals surface area contributed by atoms with Crippen molar-refractivity contribution in [2.45, 2.75) is 0 Å². The Morgan fingerprint density at radius 3 is 2.45 bits per heavy atom. The Kier molecular flexibility index (Phi) is 4.55. The van der Waals surface area contributed by atoms with E-state index >= 15 is 0 Å². The molecule has 20 heavy (non-hydrogen) atoms. The lowest BCUT2D eigenvalue weighted by atomic mass is 10.2. The number of halogens is 2. The van der Waals surface area contributed by atoms with Gasteiger partial charge in [0.25, 0.3) is 0 Å². The van der Waals surface area contributed by atoms with Crippen LogP contribution in [0.4, 0.5) is 8.78 Å². The molecular formula is C15H11F2NO2. The first-order valence-corrected chi connectivity index (χ1v) is 5.87. The van der Waals surface area contributed by atoms with Crippen LogP contribution in [-0.2, 0) is 4.74 Å². The zero-order valence-electron chi connectivity index (χ0n) is 10.4. The molecule has 0 fully saturated rings. The standard InChI is InChI=1S/C15H11F2NO2/c16-13-9-12(10-14(17)18-13)15(19)20-8-4-7-11-5-2-1-3-6-11/h1-7,9-10H,8H2/b7-4+. The summed E-state index contributed by atoms with van der Waals surface area (Å²) < 4.78 is 30.5. The molecule has 1 aromatic carbocycles. The minimum absolute atomic E-state index is 0.0132. The van der Waals surface area contributed by atoms with E-state index < -0.39 is 17.9 Å². The van der Waals surface area contributed by atoms with Crippen LogP contribution in [0.1, 0.15) is 15.9 Å². The second-order valence-electron chi connectivity index (χ2n) is 3.91. The second kappa shape index (κ2) is 6.56. The number of hydrogen-bond donors (Lipinski definition) is 0. The van der Waals surface area contributed by atoms with Gasteiger partial charge >= 0.3 is 5.97 Å². The van der Waals surface area contributed by atoms with E-state index in [4.69, 9.17) is 4.74 Å². The number of rotatable bonds is 4. The summed E-state index contributed by atoms with van der Waals surface area (Å²) in [4.78, 5) is 14.4. The number of benzene rings is 1. The fraction of sp³-hybridized carbons (Fsp3) is 0.0667. The third-order valence-corrected chi connectivity index (χ3v) is 2.42. The van der Waals surface area contributed by atoms with Crippen molar-refractivity contribution in [3.8, 4) is 0 Å². The van der Waals surface area contributed by atoms with Gasteiger partial charge in [-0.15, -0.1) is 0 Å². The van der Waals surface area contributed by atoms with E-state index in [9.17, 15) is 13.6 Å². The van der Waals surface area contributed by atoms with E-state index in [-0.39, 0.29) is 12.2 Å². The fourth-order valence-corrected chi connectivity index (χ4v) is 1.54. The van der Waals surface area contributed by atoms with Crippen LogP contribution < -0.4 is 0 Å². The number of hydrogen-bond acceptors (Lipinski definition) is 3. The van der Waals surface area contributed by atoms with Crippen molar-refractivity contribution >= 4 is 12.0 Å². The molecule has 0 unspecified atom stereocenters. The maximum atomic E-state index is 12.8. The summed E-state index contributed by atoms with van der Waals surface area (Å²) in [6, 6.07) is 11.1. The Morgan fingerprint density at radius 2 is 1.80 bits per heavy atom. The van der Waals surface area contributed by atoms with Crippen molar-refractivity contribution in [2.24, 2.45) is 0 Å². The highest BCUT2D eigenvalue weighted by atomic mass is 19.1. The first kappa shape index (κ1) is 13.9. The summed E-state index contributed by atoms with van der Waals surface area (Å²) in [7, 11) is 0. The SMILES string of the molecule is O=C(OC/C=C/c1ccccc1)c1cc(F)nc(F)c1. The van der Waals surface area contributed by atoms with Crippen molar-refractivity contribution < 1.29 is 18.3 Å². The van der Waals surface area contributed by atoms with E-state index in [1.165, 1.54) is 0 Å². The van der Waals surface area contributed by atoms with E-state index in [1.807, 2.05) is 30.3 Å². The summed E-state index contributed by atoms with van der Waals surface area (Å²) in [6.07, 6.45) is 3.42. The first-order chi connectivity index (χ1) is 9.65. The lowest BCUT2D eigenvalue weighted by Gasteiger charge is -2.02. The second-order valence-corrected chi connectivity index (χ2v) is 3.91. The number of aromatic nitrogens is 1. The lowest BCUT2D eigenvalue weighted by molar-refractivity contribution is 0.0548. The Morgan fingerprint density at radius 1 is 1.15 bits per heavy atom. The van der Waals surface area contributed by atoms with Gasteiger partial charge in [0.05, 0.1) is 5.56 Å². The molecule has 0 saturated carbocycles. The first-order valence-electron chi connectivity index (χ1n) is 5.87. The van der Waals surface area contributed by atoms with Gasteiger partial charge in [0.2, 0.25) is 11.9 Å². The van der Waals surface area contributed by atoms with Gasteiger partial charge in [-0.2, -0.15) is 13.8 Å². The number of esters is 1. The van der Waals surface area contributed by atoms with Gasteiger partial charge < -0.3 is 4.74 Å². The molecule has 0 saturated heterocycles. The molecule has 0 spiro atoms. The van der Waals surface area contributed by atoms with Gasteiger partial charge in [-0.3, -0.25) is 0 Å². The summed E-state index contributed by atoms with van der Waals surface area (Å²) in [5.74, 6) is -2.92. The fourth-order valence-electron chi connectivity index (χ4n) is 1.54. The Balaban J connectivity index is 1.91. The van der Waals surface area contributed by atoms with Gasteiger partial charge in [-0.1, -0.05) is 36.4 Å². The minimum atomic E-state index is -1.06. The highest BCUT2D eigenvalue weighted by molar-refractivity contribution is 5.89. The molecule has 0 aliphatic heterocycles. The van der Waals surface area contributed by atoms with Gasteiger partial charge in [-0.25, -0.2) is 4.79 Å². The molecule has 2 rings (SSSR count). The Labute approximate surface area is 114 Å². The topological polar surface area (TPSA) is 39.2 Å². The number of ether oxygens (including phenoxy) is 1. The third kappa shape index (κ3) is 3.98. The summed E-state index contributed by atoms with van der Waals surface area (Å²) in [5.41, 5.74) is 0.757. The number of pyridine rings is 1. The number of carbonyl (C=O) groups is 1. The van der Waals surface area contributed by atoms with Crippen LogP contribution in [0.5, 0.6) is 0 Å². The molecule has 0 radical (unpaired) electrons. The molecule has 1 aromatic heterocycles. The molecule has 2 aromatic rings. The molecule has 5 heteroatoms. The van der Waals surface area contributed by atoms with E-state index in [0.717, 1.165) is 17.7 Å². The average Bonchev–Trinajstić information content (AvgIpc) is 2.43. The Hall–Kier alpha value is -2.56. The minimum Gasteiger partial charge on any atom is -0.458 e. The Bertz CT molecular complexity index is 607. The van der Waals surface area contributed by atoms with E-state index in [2.05, 4.69) is 4.98 Å². The van der Waals surface area contributed by atoms with E-state index in [1.54, 1.807) is 12.2 Å². The third-order valence-electron chi connectivity index (χ3n) is 2.42. The molecule has 0 amide bonds. The average molecular weight is 275 g/mol. The van der Waals surface area contributed by atoms with Gasteiger partial charge in [0.15, 0.2) is 0 Å². The molecule has 0 aliphatic rings. The molecule has 1 heterocycles. The van der Waals surface area contributed by atoms with Crippen LogP contribution in [0, 0.1) is 11.9 Å². The molecule has 0 atom stereocenters. The number of carbonyl (C=O) groups excluding carboxylic acids is 1. The maximum absolute atomic E-state index is 12.8. The van der Waals surface area contributed by atoms with Crippen LogP contribution in [0.3, 0.4) is 0 Å². The zero-order valence-corrected chi connectivity index (χ0v) is 10.4. The van der Waals surface area contributed by atoms with Crippen molar-refractivity contribution in [2.75, 3.05) is 6.61 Å². The molecule has 0 bridgehead atoms. The number of nitrogens with zero attached hydrogens (tertiary/aromatic N) is 1. The monoisotopic (exact) mass is 275 g/mol. The molecule has 3 nitrogen and oxygen atoms in total. The van der Waals surface area contributed by atoms with Crippen molar-refractivity contribution in [3.05, 3.63) is 71.6 Å². The van der Waals surface area contributed by atoms with Crippen molar-refractivity contribution in [1.29, 1.82) is 0 Å². The van der Waals surface area contributed by atoms with Gasteiger partial charge in [0.1, 0.15) is 6.61 Å². The van der Waals surface area contributed by atoms with Crippen LogP contribution in [0.25, 0.3) is 6.08 Å². The van der Waals surface area contributed by atoms with Crippen molar-refractivity contribution in [1.82, 2.24) is 4.98 Å². The lowest BCUT2D eigenvalue weighted by Crippen LogP contribution is -2.07. The van der Waals surface area contributed by atoms with Crippen LogP contribution in [0.2, 0.25) is 0 Å². The highest BCUT2D eigenvalue weighted by Gasteiger charge is 2.10. The molecule has 0 N–H and O–H groups in total. The van der Waals surface area contributed by atoms with Crippen LogP contribution in [0.15, 0.2) is 48.5 Å². The van der Waals surface area contributed by atoms with Gasteiger partial charge in [0, 0.05) is 12.1 Å².